The molecular weight excluding hydrogens is 240 g/mol. The van der Waals surface area contributed by atoms with Crippen LogP contribution in [0.2, 0.25) is 0 Å². The SMILES string of the molecule is C[C@H]1CCCCN1C(=O)NCCc1cccc(O)c1. The van der Waals surface area contributed by atoms with E-state index in [1.807, 2.05) is 17.0 Å². The quantitative estimate of drug-likeness (QED) is 0.879. The van der Waals surface area contributed by atoms with Gasteiger partial charge in [0, 0.05) is 19.1 Å². The number of carbonyl (C=O) groups excluding carboxylic acids is 1. The minimum Gasteiger partial charge on any atom is -0.508 e. The number of benzene rings is 1. The van der Waals surface area contributed by atoms with Crippen LogP contribution < -0.4 is 5.32 Å². The van der Waals surface area contributed by atoms with Crippen molar-refractivity contribution in [1.82, 2.24) is 10.2 Å². The van der Waals surface area contributed by atoms with E-state index in [1.165, 1.54) is 6.42 Å². The Morgan fingerprint density at radius 1 is 1.47 bits per heavy atom. The lowest BCUT2D eigenvalue weighted by Gasteiger charge is -2.33. The monoisotopic (exact) mass is 262 g/mol. The second-order valence-electron chi connectivity index (χ2n) is 5.19. The van der Waals surface area contributed by atoms with E-state index < -0.39 is 0 Å². The van der Waals surface area contributed by atoms with Gasteiger partial charge in [0.2, 0.25) is 0 Å². The lowest BCUT2D eigenvalue weighted by molar-refractivity contribution is 0.158. The first-order valence-electron chi connectivity index (χ1n) is 6.99. The molecule has 4 nitrogen and oxygen atoms in total. The van der Waals surface area contributed by atoms with Gasteiger partial charge in [0.15, 0.2) is 0 Å². The lowest BCUT2D eigenvalue weighted by atomic mass is 10.0. The third-order valence-corrected chi connectivity index (χ3v) is 3.66. The lowest BCUT2D eigenvalue weighted by Crippen LogP contribution is -2.47. The van der Waals surface area contributed by atoms with Crippen LogP contribution in [0.1, 0.15) is 31.7 Å². The topological polar surface area (TPSA) is 52.6 Å². The van der Waals surface area contributed by atoms with Crippen molar-refractivity contribution >= 4 is 6.03 Å². The van der Waals surface area contributed by atoms with Gasteiger partial charge in [-0.25, -0.2) is 4.79 Å². The maximum absolute atomic E-state index is 12.0. The predicted molar refractivity (Wildman–Crippen MR) is 75.2 cm³/mol. The zero-order chi connectivity index (χ0) is 13.7. The minimum atomic E-state index is 0.0346. The molecule has 1 aromatic carbocycles. The van der Waals surface area contributed by atoms with Gasteiger partial charge in [0.05, 0.1) is 0 Å². The van der Waals surface area contributed by atoms with Gasteiger partial charge >= 0.3 is 6.03 Å². The summed E-state index contributed by atoms with van der Waals surface area (Å²) in [5, 5.41) is 12.3. The maximum Gasteiger partial charge on any atom is 0.317 e. The van der Waals surface area contributed by atoms with Crippen LogP contribution in [0.25, 0.3) is 0 Å². The van der Waals surface area contributed by atoms with Crippen LogP contribution in [0.15, 0.2) is 24.3 Å². The van der Waals surface area contributed by atoms with E-state index in [9.17, 15) is 9.90 Å². The van der Waals surface area contributed by atoms with Crippen molar-refractivity contribution in [1.29, 1.82) is 0 Å². The fourth-order valence-corrected chi connectivity index (χ4v) is 2.53. The number of nitrogens with one attached hydrogen (secondary N) is 1. The predicted octanol–water partition coefficient (Wildman–Crippen LogP) is 2.52. The average Bonchev–Trinajstić information content (AvgIpc) is 2.39. The van der Waals surface area contributed by atoms with E-state index >= 15 is 0 Å². The van der Waals surface area contributed by atoms with E-state index in [4.69, 9.17) is 0 Å². The zero-order valence-electron chi connectivity index (χ0n) is 11.4. The average molecular weight is 262 g/mol. The van der Waals surface area contributed by atoms with Crippen LogP contribution in [0.4, 0.5) is 4.79 Å². The van der Waals surface area contributed by atoms with Gasteiger partial charge in [-0.2, -0.15) is 0 Å². The van der Waals surface area contributed by atoms with Crippen molar-refractivity contribution in [2.45, 2.75) is 38.6 Å². The molecule has 1 atom stereocenters. The Bertz CT molecular complexity index is 434. The Morgan fingerprint density at radius 2 is 2.32 bits per heavy atom. The van der Waals surface area contributed by atoms with Gasteiger partial charge in [-0.3, -0.25) is 0 Å². The van der Waals surface area contributed by atoms with Crippen molar-refractivity contribution in [3.8, 4) is 5.75 Å². The van der Waals surface area contributed by atoms with Gasteiger partial charge in [-0.05, 0) is 50.3 Å². The molecule has 0 aromatic heterocycles. The smallest absolute Gasteiger partial charge is 0.317 e. The molecule has 104 valence electrons. The number of hydrogen-bond donors (Lipinski definition) is 2. The number of likely N-dealkylation sites (tertiary alicyclic amines) is 1. The number of aromatic hydroxyl groups is 1. The number of carbonyl (C=O) groups is 1. The molecule has 0 radical (unpaired) electrons. The number of amides is 2. The van der Waals surface area contributed by atoms with Crippen LogP contribution in [-0.2, 0) is 6.42 Å². The van der Waals surface area contributed by atoms with E-state index in [-0.39, 0.29) is 11.8 Å². The van der Waals surface area contributed by atoms with Crippen molar-refractivity contribution in [2.24, 2.45) is 0 Å². The molecule has 19 heavy (non-hydrogen) atoms. The second-order valence-corrected chi connectivity index (χ2v) is 5.19. The first kappa shape index (κ1) is 13.7. The van der Waals surface area contributed by atoms with Gasteiger partial charge in [0.1, 0.15) is 5.75 Å². The summed E-state index contributed by atoms with van der Waals surface area (Å²) in [4.78, 5) is 14.0. The molecule has 1 fully saturated rings. The third-order valence-electron chi connectivity index (χ3n) is 3.66. The summed E-state index contributed by atoms with van der Waals surface area (Å²) >= 11 is 0. The summed E-state index contributed by atoms with van der Waals surface area (Å²) in [6.45, 7) is 3.57. The highest BCUT2D eigenvalue weighted by Gasteiger charge is 2.22. The number of urea groups is 1. The van der Waals surface area contributed by atoms with Crippen LogP contribution in [0.5, 0.6) is 5.75 Å². The number of nitrogens with zero attached hydrogens (tertiary/aromatic N) is 1. The maximum atomic E-state index is 12.0. The largest absolute Gasteiger partial charge is 0.508 e. The van der Waals surface area contributed by atoms with Crippen molar-refractivity contribution in [3.05, 3.63) is 29.8 Å². The molecular formula is C15H22N2O2. The number of rotatable bonds is 3. The molecule has 2 amide bonds. The summed E-state index contributed by atoms with van der Waals surface area (Å²) in [5.74, 6) is 0.272. The highest BCUT2D eigenvalue weighted by molar-refractivity contribution is 5.74. The summed E-state index contributed by atoms with van der Waals surface area (Å²) in [5.41, 5.74) is 1.03. The molecule has 0 aliphatic carbocycles. The van der Waals surface area contributed by atoms with E-state index in [2.05, 4.69) is 12.2 Å². The molecule has 1 saturated heterocycles. The zero-order valence-corrected chi connectivity index (χ0v) is 11.4. The summed E-state index contributed by atoms with van der Waals surface area (Å²) in [7, 11) is 0. The Kier molecular flexibility index (Phi) is 4.66. The third kappa shape index (κ3) is 3.88. The van der Waals surface area contributed by atoms with E-state index in [1.54, 1.807) is 12.1 Å². The van der Waals surface area contributed by atoms with Gasteiger partial charge in [0.25, 0.3) is 0 Å². The summed E-state index contributed by atoms with van der Waals surface area (Å²) in [6.07, 6.45) is 4.15. The first-order chi connectivity index (χ1) is 9.16. The molecule has 0 unspecified atom stereocenters. The van der Waals surface area contributed by atoms with Gasteiger partial charge < -0.3 is 15.3 Å². The van der Waals surface area contributed by atoms with E-state index in [0.29, 0.717) is 12.6 Å². The minimum absolute atomic E-state index is 0.0346. The molecule has 0 spiro atoms. The molecule has 2 rings (SSSR count). The molecule has 1 aliphatic rings. The molecule has 1 aliphatic heterocycles. The highest BCUT2D eigenvalue weighted by Crippen LogP contribution is 2.16. The Morgan fingerprint density at radius 3 is 3.05 bits per heavy atom. The van der Waals surface area contributed by atoms with Crippen LogP contribution in [-0.4, -0.2) is 35.2 Å². The van der Waals surface area contributed by atoms with Crippen molar-refractivity contribution in [2.75, 3.05) is 13.1 Å². The molecule has 1 aromatic rings. The van der Waals surface area contributed by atoms with E-state index in [0.717, 1.165) is 31.4 Å². The number of phenolic OH excluding ortho intramolecular Hbond substituents is 1. The normalized spacial score (nSPS) is 19.2. The molecule has 4 heteroatoms. The molecule has 0 saturated carbocycles. The first-order valence-corrected chi connectivity index (χ1v) is 6.99. The molecule has 0 bridgehead atoms. The Balaban J connectivity index is 1.77. The van der Waals surface area contributed by atoms with Gasteiger partial charge in [-0.15, -0.1) is 0 Å². The molecule has 1 heterocycles. The molecule has 2 N–H and O–H groups in total. The van der Waals surface area contributed by atoms with Crippen LogP contribution in [0, 0.1) is 0 Å². The van der Waals surface area contributed by atoms with Gasteiger partial charge in [-0.1, -0.05) is 12.1 Å². The second kappa shape index (κ2) is 6.45. The standard InChI is InChI=1S/C15H22N2O2/c1-12-5-2-3-10-17(12)15(19)16-9-8-13-6-4-7-14(18)11-13/h4,6-7,11-12,18H,2-3,5,8-10H2,1H3,(H,16,19)/t12-/m0/s1. The van der Waals surface area contributed by atoms with Crippen molar-refractivity contribution < 1.29 is 9.90 Å². The van der Waals surface area contributed by atoms with Crippen LogP contribution in [0.3, 0.4) is 0 Å². The summed E-state index contributed by atoms with van der Waals surface area (Å²) in [6, 6.07) is 7.53. The number of hydrogen-bond acceptors (Lipinski definition) is 2. The summed E-state index contributed by atoms with van der Waals surface area (Å²) < 4.78 is 0. The highest BCUT2D eigenvalue weighted by atomic mass is 16.3. The number of piperidine rings is 1. The Labute approximate surface area is 114 Å². The van der Waals surface area contributed by atoms with Crippen LogP contribution >= 0.6 is 0 Å². The fourth-order valence-electron chi connectivity index (χ4n) is 2.53. The van der Waals surface area contributed by atoms with Crippen molar-refractivity contribution in [3.63, 3.8) is 0 Å². The Hall–Kier alpha value is -1.71. The number of phenols is 1. The fraction of sp³-hybridized carbons (Fsp3) is 0.533.